The number of ether oxygens (including phenoxy) is 1. The molecular formula is C12H23N3O4S2. The van der Waals surface area contributed by atoms with Gasteiger partial charge in [-0.1, -0.05) is 12.2 Å². The van der Waals surface area contributed by atoms with E-state index in [0.717, 1.165) is 0 Å². The van der Waals surface area contributed by atoms with Crippen molar-refractivity contribution in [3.05, 3.63) is 0 Å². The van der Waals surface area contributed by atoms with Crippen molar-refractivity contribution < 1.29 is 19.2 Å². The molecule has 0 heterocycles. The summed E-state index contributed by atoms with van der Waals surface area (Å²) in [5.41, 5.74) is 2.33. The zero-order chi connectivity index (χ0) is 16.4. The molecule has 0 aliphatic heterocycles. The summed E-state index contributed by atoms with van der Waals surface area (Å²) in [5, 5.41) is 0. The van der Waals surface area contributed by atoms with Crippen LogP contribution in [0.5, 0.6) is 0 Å². The summed E-state index contributed by atoms with van der Waals surface area (Å²) in [7, 11) is 1.58. The molecule has 0 saturated heterocycles. The van der Waals surface area contributed by atoms with Crippen molar-refractivity contribution >= 4 is 41.4 Å². The molecule has 0 unspecified atom stereocenters. The number of esters is 1. The summed E-state index contributed by atoms with van der Waals surface area (Å²) < 4.78 is 8.09. The van der Waals surface area contributed by atoms with Gasteiger partial charge < -0.3 is 9.57 Å². The van der Waals surface area contributed by atoms with Crippen molar-refractivity contribution in [2.24, 2.45) is 0 Å². The zero-order valence-electron chi connectivity index (χ0n) is 13.0. The predicted octanol–water partition coefficient (Wildman–Crippen LogP) is 2.13. The fourth-order valence-corrected chi connectivity index (χ4v) is 2.02. The lowest BCUT2D eigenvalue weighted by atomic mass is 10.3. The maximum Gasteiger partial charge on any atom is 0.444 e. The van der Waals surface area contributed by atoms with Crippen LogP contribution in [0.1, 0.15) is 34.1 Å². The SMILES string of the molecule is CCOC(=O)CCN(SN(C)C(=O)ONC(C)=S)C(C)C. The largest absolute Gasteiger partial charge is 0.466 e. The van der Waals surface area contributed by atoms with Crippen molar-refractivity contribution in [3.63, 3.8) is 0 Å². The van der Waals surface area contributed by atoms with Crippen LogP contribution in [0, 0.1) is 0 Å². The van der Waals surface area contributed by atoms with Crippen molar-refractivity contribution in [2.75, 3.05) is 20.2 Å². The van der Waals surface area contributed by atoms with E-state index in [4.69, 9.17) is 21.8 Å². The quantitative estimate of drug-likeness (QED) is 0.328. The van der Waals surface area contributed by atoms with Crippen molar-refractivity contribution in [2.45, 2.75) is 40.2 Å². The first-order chi connectivity index (χ1) is 9.77. The van der Waals surface area contributed by atoms with Gasteiger partial charge >= 0.3 is 12.1 Å². The van der Waals surface area contributed by atoms with Gasteiger partial charge in [-0.25, -0.2) is 18.9 Å². The van der Waals surface area contributed by atoms with Crippen LogP contribution in [0.25, 0.3) is 0 Å². The highest BCUT2D eigenvalue weighted by atomic mass is 32.2. The van der Waals surface area contributed by atoms with E-state index in [1.807, 2.05) is 18.2 Å². The summed E-state index contributed by atoms with van der Waals surface area (Å²) in [5.74, 6) is -0.257. The van der Waals surface area contributed by atoms with Crippen LogP contribution >= 0.6 is 24.4 Å². The van der Waals surface area contributed by atoms with Gasteiger partial charge in [0.25, 0.3) is 0 Å². The Balaban J connectivity index is 4.32. The minimum absolute atomic E-state index is 0.139. The first-order valence-electron chi connectivity index (χ1n) is 6.59. The molecule has 0 rings (SSSR count). The molecule has 1 amide bonds. The monoisotopic (exact) mass is 337 g/mol. The van der Waals surface area contributed by atoms with Crippen LogP contribution < -0.4 is 5.48 Å². The van der Waals surface area contributed by atoms with Crippen LogP contribution in [0.15, 0.2) is 0 Å². The van der Waals surface area contributed by atoms with Gasteiger partial charge in [0, 0.05) is 31.8 Å². The molecule has 0 aliphatic carbocycles. The highest BCUT2D eigenvalue weighted by Gasteiger charge is 2.20. The van der Waals surface area contributed by atoms with Gasteiger partial charge in [0.15, 0.2) is 0 Å². The molecule has 0 aromatic heterocycles. The molecule has 9 heteroatoms. The van der Waals surface area contributed by atoms with Gasteiger partial charge in [0.1, 0.15) is 4.99 Å². The highest BCUT2D eigenvalue weighted by Crippen LogP contribution is 2.19. The number of nitrogens with zero attached hydrogens (tertiary/aromatic N) is 2. The molecule has 0 aromatic carbocycles. The standard InChI is InChI=1S/C12H23N3O4S2/c1-6-18-11(16)7-8-15(9(2)3)21-14(5)12(17)19-13-10(4)20/h9H,6-8H2,1-5H3,(H,13,20). The molecule has 7 nitrogen and oxygen atoms in total. The Kier molecular flexibility index (Phi) is 10.1. The van der Waals surface area contributed by atoms with Gasteiger partial charge in [-0.2, -0.15) is 0 Å². The van der Waals surface area contributed by atoms with Crippen LogP contribution in [0.4, 0.5) is 4.79 Å². The molecular weight excluding hydrogens is 314 g/mol. The number of carbonyl (C=O) groups excluding carboxylic acids is 2. The molecule has 0 aliphatic rings. The average molecular weight is 337 g/mol. The van der Waals surface area contributed by atoms with Crippen LogP contribution in [0.2, 0.25) is 0 Å². The van der Waals surface area contributed by atoms with Crippen molar-refractivity contribution in [3.8, 4) is 0 Å². The van der Waals surface area contributed by atoms with E-state index in [1.54, 1.807) is 20.9 Å². The second-order valence-electron chi connectivity index (χ2n) is 4.39. The molecule has 0 bridgehead atoms. The van der Waals surface area contributed by atoms with E-state index >= 15 is 0 Å². The fourth-order valence-electron chi connectivity index (χ4n) is 1.20. The van der Waals surface area contributed by atoms with Gasteiger partial charge in [-0.05, 0) is 27.7 Å². The Morgan fingerprint density at radius 1 is 1.38 bits per heavy atom. The minimum atomic E-state index is -0.578. The summed E-state index contributed by atoms with van der Waals surface area (Å²) in [6.07, 6.45) is -0.315. The van der Waals surface area contributed by atoms with E-state index in [-0.39, 0.29) is 18.4 Å². The third kappa shape index (κ3) is 9.48. The van der Waals surface area contributed by atoms with Gasteiger partial charge in [-0.15, -0.1) is 0 Å². The summed E-state index contributed by atoms with van der Waals surface area (Å²) in [6.45, 7) is 8.14. The number of nitrogens with one attached hydrogen (secondary N) is 1. The first kappa shape index (κ1) is 19.9. The van der Waals surface area contributed by atoms with E-state index in [9.17, 15) is 9.59 Å². The third-order valence-electron chi connectivity index (χ3n) is 2.18. The molecule has 122 valence electrons. The molecule has 0 fully saturated rings. The Bertz CT molecular complexity index is 366. The maximum atomic E-state index is 11.7. The van der Waals surface area contributed by atoms with E-state index in [0.29, 0.717) is 18.1 Å². The Hall–Kier alpha value is -1.06. The van der Waals surface area contributed by atoms with Crippen LogP contribution in [-0.2, 0) is 14.4 Å². The smallest absolute Gasteiger partial charge is 0.444 e. The number of hydrogen-bond donors (Lipinski definition) is 1. The van der Waals surface area contributed by atoms with Crippen LogP contribution in [0.3, 0.4) is 0 Å². The molecule has 0 radical (unpaired) electrons. The lowest BCUT2D eigenvalue weighted by molar-refractivity contribution is -0.143. The minimum Gasteiger partial charge on any atom is -0.466 e. The molecule has 0 spiro atoms. The lowest BCUT2D eigenvalue weighted by Crippen LogP contribution is -2.35. The lowest BCUT2D eigenvalue weighted by Gasteiger charge is -2.28. The van der Waals surface area contributed by atoms with E-state index in [2.05, 4.69) is 5.48 Å². The molecule has 0 saturated carbocycles. The number of amides is 1. The third-order valence-corrected chi connectivity index (χ3v) is 3.48. The average Bonchev–Trinajstić information content (AvgIpc) is 2.40. The normalized spacial score (nSPS) is 10.4. The fraction of sp³-hybridized carbons (Fsp3) is 0.750. The summed E-state index contributed by atoms with van der Waals surface area (Å²) >= 11 is 5.92. The van der Waals surface area contributed by atoms with Gasteiger partial charge in [0.05, 0.1) is 13.0 Å². The highest BCUT2D eigenvalue weighted by molar-refractivity contribution is 7.95. The van der Waals surface area contributed by atoms with Crippen molar-refractivity contribution in [1.29, 1.82) is 0 Å². The topological polar surface area (TPSA) is 71.1 Å². The maximum absolute atomic E-state index is 11.7. The van der Waals surface area contributed by atoms with Crippen LogP contribution in [-0.4, -0.2) is 51.9 Å². The van der Waals surface area contributed by atoms with Gasteiger partial charge in [0.2, 0.25) is 0 Å². The zero-order valence-corrected chi connectivity index (χ0v) is 14.7. The number of hydrogen-bond acceptors (Lipinski definition) is 7. The Morgan fingerprint density at radius 2 is 2.00 bits per heavy atom. The first-order valence-corrected chi connectivity index (χ1v) is 7.73. The van der Waals surface area contributed by atoms with Gasteiger partial charge in [-0.3, -0.25) is 4.79 Å². The van der Waals surface area contributed by atoms with E-state index < -0.39 is 6.09 Å². The molecule has 21 heavy (non-hydrogen) atoms. The Labute approximate surface area is 135 Å². The van der Waals surface area contributed by atoms with E-state index in [1.165, 1.54) is 16.4 Å². The number of carbonyl (C=O) groups is 2. The summed E-state index contributed by atoms with van der Waals surface area (Å²) in [4.78, 5) is 28.2. The number of thiocarbonyl (C=S) groups is 1. The number of hydroxylamine groups is 1. The number of rotatable bonds is 7. The summed E-state index contributed by atoms with van der Waals surface area (Å²) in [6, 6.07) is 0.139. The second-order valence-corrected chi connectivity index (χ2v) is 6.19. The van der Waals surface area contributed by atoms with Crippen molar-refractivity contribution in [1.82, 2.24) is 14.1 Å². The molecule has 0 atom stereocenters. The molecule has 0 aromatic rings. The predicted molar refractivity (Wildman–Crippen MR) is 86.3 cm³/mol. The Morgan fingerprint density at radius 3 is 2.48 bits per heavy atom. The second kappa shape index (κ2) is 10.6. The molecule has 1 N–H and O–H groups in total.